The van der Waals surface area contributed by atoms with Crippen molar-refractivity contribution in [3.63, 3.8) is 0 Å². The SMILES string of the molecule is CCC(=O)SC[C@H](NC(=O)[C@H](CCC(=O)O)NC)C(C)=O. The number of carboxylic acids is 1. The van der Waals surface area contributed by atoms with Crippen molar-refractivity contribution in [3.8, 4) is 0 Å². The predicted molar refractivity (Wildman–Crippen MR) is 80.1 cm³/mol. The van der Waals surface area contributed by atoms with E-state index in [9.17, 15) is 19.2 Å². The summed E-state index contributed by atoms with van der Waals surface area (Å²) >= 11 is 1.00. The Hall–Kier alpha value is -1.41. The fraction of sp³-hybridized carbons (Fsp3) is 0.692. The highest BCUT2D eigenvalue weighted by Gasteiger charge is 2.23. The molecule has 0 aliphatic rings. The molecule has 2 atom stereocenters. The number of amides is 1. The first kappa shape index (κ1) is 19.6. The number of hydrogen-bond acceptors (Lipinski definition) is 6. The van der Waals surface area contributed by atoms with Crippen molar-refractivity contribution in [2.75, 3.05) is 12.8 Å². The molecule has 0 rings (SSSR count). The van der Waals surface area contributed by atoms with Crippen LogP contribution in [0.1, 0.15) is 33.1 Å². The molecule has 3 N–H and O–H groups in total. The van der Waals surface area contributed by atoms with Gasteiger partial charge in [0.1, 0.15) is 0 Å². The summed E-state index contributed by atoms with van der Waals surface area (Å²) in [5.74, 6) is -1.49. The van der Waals surface area contributed by atoms with E-state index in [1.807, 2.05) is 0 Å². The standard InChI is InChI=1S/C13H22N2O5S/c1-4-12(19)21-7-10(8(2)16)15-13(20)9(14-3)5-6-11(17)18/h9-10,14H,4-7H2,1-3H3,(H,15,20)(H,17,18)/t9-,10-/m0/s1. The lowest BCUT2D eigenvalue weighted by Crippen LogP contribution is -2.50. The molecule has 0 aliphatic carbocycles. The predicted octanol–water partition coefficient (Wildman–Crippen LogP) is 0.183. The van der Waals surface area contributed by atoms with Crippen LogP contribution in [0.25, 0.3) is 0 Å². The maximum Gasteiger partial charge on any atom is 0.303 e. The minimum absolute atomic E-state index is 0.0495. The molecule has 0 bridgehead atoms. The Labute approximate surface area is 128 Å². The second-order valence-corrected chi connectivity index (χ2v) is 5.56. The van der Waals surface area contributed by atoms with Gasteiger partial charge in [0.25, 0.3) is 0 Å². The van der Waals surface area contributed by atoms with Crippen LogP contribution < -0.4 is 10.6 Å². The van der Waals surface area contributed by atoms with Gasteiger partial charge in [-0.3, -0.25) is 19.2 Å². The molecule has 0 aromatic heterocycles. The summed E-state index contributed by atoms with van der Waals surface area (Å²) in [5.41, 5.74) is 0. The summed E-state index contributed by atoms with van der Waals surface area (Å²) in [5, 5.41) is 13.8. The number of thioether (sulfide) groups is 1. The van der Waals surface area contributed by atoms with Gasteiger partial charge < -0.3 is 15.7 Å². The Morgan fingerprint density at radius 3 is 2.24 bits per heavy atom. The highest BCUT2D eigenvalue weighted by molar-refractivity contribution is 8.13. The molecular weight excluding hydrogens is 296 g/mol. The summed E-state index contributed by atoms with van der Waals surface area (Å²) in [4.78, 5) is 45.3. The molecule has 0 radical (unpaired) electrons. The Kier molecular flexibility index (Phi) is 9.64. The van der Waals surface area contributed by atoms with E-state index >= 15 is 0 Å². The summed E-state index contributed by atoms with van der Waals surface area (Å²) < 4.78 is 0. The van der Waals surface area contributed by atoms with Gasteiger partial charge in [-0.1, -0.05) is 18.7 Å². The number of carboxylic acid groups (broad SMARTS) is 1. The third-order valence-electron chi connectivity index (χ3n) is 2.82. The number of rotatable bonds is 10. The third kappa shape index (κ3) is 8.46. The van der Waals surface area contributed by atoms with Crippen LogP contribution in [0.15, 0.2) is 0 Å². The minimum Gasteiger partial charge on any atom is -0.481 e. The largest absolute Gasteiger partial charge is 0.481 e. The van der Waals surface area contributed by atoms with Crippen LogP contribution in [0.2, 0.25) is 0 Å². The van der Waals surface area contributed by atoms with E-state index < -0.39 is 24.0 Å². The Balaban J connectivity index is 4.53. The summed E-state index contributed by atoms with van der Waals surface area (Å²) in [6, 6.07) is -1.44. The average molecular weight is 318 g/mol. The maximum atomic E-state index is 12.0. The smallest absolute Gasteiger partial charge is 0.303 e. The fourth-order valence-corrected chi connectivity index (χ4v) is 2.36. The van der Waals surface area contributed by atoms with Gasteiger partial charge >= 0.3 is 5.97 Å². The molecule has 0 aliphatic heterocycles. The molecule has 0 fully saturated rings. The number of aliphatic carboxylic acids is 1. The second kappa shape index (κ2) is 10.3. The van der Waals surface area contributed by atoms with Gasteiger partial charge in [0.05, 0.1) is 12.1 Å². The van der Waals surface area contributed by atoms with Gasteiger partial charge in [0.2, 0.25) is 5.91 Å². The van der Waals surface area contributed by atoms with E-state index in [-0.39, 0.29) is 29.5 Å². The monoisotopic (exact) mass is 318 g/mol. The van der Waals surface area contributed by atoms with Crippen molar-refractivity contribution >= 4 is 34.5 Å². The zero-order valence-corrected chi connectivity index (χ0v) is 13.3. The lowest BCUT2D eigenvalue weighted by atomic mass is 10.1. The number of hydrogen-bond donors (Lipinski definition) is 3. The van der Waals surface area contributed by atoms with Gasteiger partial charge in [-0.15, -0.1) is 0 Å². The molecule has 21 heavy (non-hydrogen) atoms. The lowest BCUT2D eigenvalue weighted by molar-refractivity contribution is -0.137. The number of likely N-dealkylation sites (N-methyl/N-ethyl adjacent to an activating group) is 1. The molecule has 0 aromatic carbocycles. The third-order valence-corrected chi connectivity index (χ3v) is 3.93. The van der Waals surface area contributed by atoms with Crippen LogP contribution in [0, 0.1) is 0 Å². The van der Waals surface area contributed by atoms with Crippen molar-refractivity contribution in [2.24, 2.45) is 0 Å². The summed E-state index contributed by atoms with van der Waals surface area (Å²) in [6.45, 7) is 3.06. The Bertz CT molecular complexity index is 400. The van der Waals surface area contributed by atoms with Crippen LogP contribution in [0.5, 0.6) is 0 Å². The van der Waals surface area contributed by atoms with Crippen LogP contribution >= 0.6 is 11.8 Å². The van der Waals surface area contributed by atoms with E-state index in [2.05, 4.69) is 10.6 Å². The van der Waals surface area contributed by atoms with Crippen LogP contribution in [0.3, 0.4) is 0 Å². The van der Waals surface area contributed by atoms with Crippen molar-refractivity contribution in [3.05, 3.63) is 0 Å². The van der Waals surface area contributed by atoms with Crippen molar-refractivity contribution < 1.29 is 24.3 Å². The molecule has 120 valence electrons. The maximum absolute atomic E-state index is 12.0. The number of ketones is 1. The second-order valence-electron chi connectivity index (χ2n) is 4.48. The highest BCUT2D eigenvalue weighted by atomic mass is 32.2. The van der Waals surface area contributed by atoms with E-state index in [0.29, 0.717) is 6.42 Å². The summed E-state index contributed by atoms with van der Waals surface area (Å²) in [6.07, 6.45) is 0.344. The molecule has 0 heterocycles. The normalized spacial score (nSPS) is 13.3. The fourth-order valence-electron chi connectivity index (χ4n) is 1.49. The van der Waals surface area contributed by atoms with E-state index in [4.69, 9.17) is 5.11 Å². The van der Waals surface area contributed by atoms with Crippen molar-refractivity contribution in [1.82, 2.24) is 10.6 Å². The lowest BCUT2D eigenvalue weighted by Gasteiger charge is -2.20. The Morgan fingerprint density at radius 1 is 1.19 bits per heavy atom. The summed E-state index contributed by atoms with van der Waals surface area (Å²) in [7, 11) is 1.55. The van der Waals surface area contributed by atoms with Gasteiger partial charge in [-0.05, 0) is 20.4 Å². The van der Waals surface area contributed by atoms with Gasteiger partial charge in [0.15, 0.2) is 10.9 Å². The Morgan fingerprint density at radius 2 is 1.81 bits per heavy atom. The topological polar surface area (TPSA) is 113 Å². The van der Waals surface area contributed by atoms with Crippen LogP contribution in [-0.2, 0) is 19.2 Å². The van der Waals surface area contributed by atoms with Crippen LogP contribution in [0.4, 0.5) is 0 Å². The van der Waals surface area contributed by atoms with E-state index in [0.717, 1.165) is 11.8 Å². The first-order valence-electron chi connectivity index (χ1n) is 6.67. The average Bonchev–Trinajstić information content (AvgIpc) is 2.42. The molecular formula is C13H22N2O5S. The minimum atomic E-state index is -0.990. The highest BCUT2D eigenvalue weighted by Crippen LogP contribution is 2.08. The zero-order valence-electron chi connectivity index (χ0n) is 12.5. The van der Waals surface area contributed by atoms with Crippen molar-refractivity contribution in [1.29, 1.82) is 0 Å². The molecule has 7 nitrogen and oxygen atoms in total. The molecule has 0 aromatic rings. The van der Waals surface area contributed by atoms with E-state index in [1.165, 1.54) is 6.92 Å². The first-order valence-corrected chi connectivity index (χ1v) is 7.65. The molecule has 0 spiro atoms. The number of carbonyl (C=O) groups is 4. The molecule has 8 heteroatoms. The van der Waals surface area contributed by atoms with Gasteiger partial charge in [-0.2, -0.15) is 0 Å². The number of carbonyl (C=O) groups excluding carboxylic acids is 3. The quantitative estimate of drug-likeness (QED) is 0.527. The molecule has 0 saturated heterocycles. The zero-order chi connectivity index (χ0) is 16.4. The first-order chi connectivity index (χ1) is 9.81. The number of Topliss-reactive ketones (excluding diaryl/α,β-unsaturated/α-hetero) is 1. The van der Waals surface area contributed by atoms with Crippen LogP contribution in [-0.4, -0.2) is 52.8 Å². The van der Waals surface area contributed by atoms with Crippen molar-refractivity contribution in [2.45, 2.75) is 45.2 Å². The van der Waals surface area contributed by atoms with Gasteiger partial charge in [-0.25, -0.2) is 0 Å². The molecule has 1 amide bonds. The number of nitrogens with one attached hydrogen (secondary N) is 2. The molecule has 0 saturated carbocycles. The molecule has 0 unspecified atom stereocenters. The van der Waals surface area contributed by atoms with E-state index in [1.54, 1.807) is 14.0 Å². The van der Waals surface area contributed by atoms with Gasteiger partial charge in [0, 0.05) is 18.6 Å².